The van der Waals surface area contributed by atoms with Crippen LogP contribution in [-0.2, 0) is 36.7 Å². The predicted molar refractivity (Wildman–Crippen MR) is 150 cm³/mol. The number of hydrogen-bond donors (Lipinski definition) is 0. The second-order valence-electron chi connectivity index (χ2n) is 8.44. The second-order valence-corrected chi connectivity index (χ2v) is 13.0. The molecule has 3 aromatic rings. The fourth-order valence-corrected chi connectivity index (χ4v) is 6.30. The lowest BCUT2D eigenvalue weighted by molar-refractivity contribution is -0.385. The number of carbonyl (C=O) groups is 2. The summed E-state index contributed by atoms with van der Waals surface area (Å²) in [5.41, 5.74) is -1.97. The second kappa shape index (κ2) is 14.4. The van der Waals surface area contributed by atoms with Gasteiger partial charge in [-0.3, -0.25) is 29.4 Å². The minimum Gasteiger partial charge on any atom is -0.440 e. The van der Waals surface area contributed by atoms with Crippen molar-refractivity contribution in [1.82, 2.24) is 4.98 Å². The van der Waals surface area contributed by atoms with Gasteiger partial charge in [-0.25, -0.2) is 14.6 Å². The van der Waals surface area contributed by atoms with Crippen molar-refractivity contribution >= 4 is 38.5 Å². The summed E-state index contributed by atoms with van der Waals surface area (Å²) in [4.78, 5) is 51.3. The molecule has 1 aromatic heterocycles. The molecule has 0 saturated carbocycles. The van der Waals surface area contributed by atoms with Gasteiger partial charge in [0.1, 0.15) is 11.4 Å². The average molecular weight is 653 g/mol. The van der Waals surface area contributed by atoms with E-state index in [9.17, 15) is 38.9 Å². The van der Waals surface area contributed by atoms with E-state index in [-0.39, 0.29) is 11.1 Å². The van der Waals surface area contributed by atoms with Gasteiger partial charge in [0, 0.05) is 63.8 Å². The molecule has 0 spiro atoms. The van der Waals surface area contributed by atoms with E-state index in [2.05, 4.69) is 4.98 Å². The quantitative estimate of drug-likeness (QED) is 0.0896. The summed E-state index contributed by atoms with van der Waals surface area (Å²) >= 11 is 0. The van der Waals surface area contributed by atoms with Gasteiger partial charge in [0.2, 0.25) is 11.7 Å². The first-order chi connectivity index (χ1) is 20.8. The number of carbonyl (C=O) groups excluding carboxylic acids is 2. The Morgan fingerprint density at radius 2 is 1.00 bits per heavy atom. The van der Waals surface area contributed by atoms with E-state index >= 15 is 0 Å². The summed E-state index contributed by atoms with van der Waals surface area (Å²) in [6, 6.07) is 13.0. The third kappa shape index (κ3) is 7.58. The number of pyridine rings is 1. The summed E-state index contributed by atoms with van der Waals surface area (Å²) in [6.07, 6.45) is 0. The maximum atomic E-state index is 13.3. The molecule has 0 amide bonds. The summed E-state index contributed by atoms with van der Waals surface area (Å²) in [6.45, 7) is 0. The lowest BCUT2D eigenvalue weighted by atomic mass is 10.2. The lowest BCUT2D eigenvalue weighted by Gasteiger charge is -2.25. The normalized spacial score (nSPS) is 13.0. The SMILES string of the molecule is COP(=O)(OC)C(OC(=O)c1cccc(C(=O)OC(c2cccc([N+](=O)[O-])c2)P(=O)(OC)OC)n1)c1cccc([N+](=O)[O-])c1. The third-order valence-corrected chi connectivity index (χ3v) is 9.92. The van der Waals surface area contributed by atoms with Gasteiger partial charge < -0.3 is 27.6 Å². The smallest absolute Gasteiger partial charge is 0.375 e. The minimum absolute atomic E-state index is 0.0928. The first-order valence-electron chi connectivity index (χ1n) is 12.1. The zero-order chi connectivity index (χ0) is 32.7. The molecule has 2 aromatic carbocycles. The van der Waals surface area contributed by atoms with Crippen LogP contribution in [0.2, 0.25) is 0 Å². The molecule has 0 aliphatic carbocycles. The summed E-state index contributed by atoms with van der Waals surface area (Å²) in [5.74, 6) is -6.04. The van der Waals surface area contributed by atoms with E-state index in [1.807, 2.05) is 0 Å². The molecule has 0 aliphatic heterocycles. The Hall–Kier alpha value is -4.37. The Morgan fingerprint density at radius 3 is 1.32 bits per heavy atom. The Morgan fingerprint density at radius 1 is 0.659 bits per heavy atom. The number of benzene rings is 2. The van der Waals surface area contributed by atoms with E-state index < -0.39 is 71.4 Å². The van der Waals surface area contributed by atoms with Crippen LogP contribution in [0.15, 0.2) is 66.7 Å². The Balaban J connectivity index is 1.96. The molecule has 2 atom stereocenters. The third-order valence-electron chi connectivity index (χ3n) is 5.93. The first-order valence-corrected chi connectivity index (χ1v) is 15.3. The predicted octanol–water partition coefficient (Wildman–Crippen LogP) is 5.58. The van der Waals surface area contributed by atoms with Crippen molar-refractivity contribution in [3.8, 4) is 0 Å². The topological polar surface area (TPSA) is 223 Å². The van der Waals surface area contributed by atoms with Gasteiger partial charge in [-0.15, -0.1) is 0 Å². The van der Waals surface area contributed by atoms with E-state index in [0.29, 0.717) is 0 Å². The number of esters is 2. The van der Waals surface area contributed by atoms with Crippen molar-refractivity contribution in [3.05, 3.63) is 109 Å². The summed E-state index contributed by atoms with van der Waals surface area (Å²) in [5, 5.41) is 22.5. The summed E-state index contributed by atoms with van der Waals surface area (Å²) < 4.78 is 57.1. The molecule has 3 rings (SSSR count). The first kappa shape index (κ1) is 34.1. The molecule has 0 bridgehead atoms. The number of nitrogens with zero attached hydrogens (tertiary/aromatic N) is 3. The Kier molecular flexibility index (Phi) is 11.2. The van der Waals surface area contributed by atoms with Gasteiger partial charge in [0.15, 0.2) is 0 Å². The average Bonchev–Trinajstić information content (AvgIpc) is 3.05. The molecule has 0 N–H and O–H groups in total. The highest BCUT2D eigenvalue weighted by atomic mass is 31.2. The van der Waals surface area contributed by atoms with Crippen molar-refractivity contribution < 1.29 is 56.1 Å². The van der Waals surface area contributed by atoms with Gasteiger partial charge in [0.25, 0.3) is 11.4 Å². The standard InChI is InChI=1S/C25H25N3O14P2/c1-37-43(35,38-2)24(16-8-5-10-18(14-16)27(31)32)41-22(29)20-12-7-13-21(26-20)23(30)42-25(44(36,39-3)40-4)17-9-6-11-19(15-17)28(33)34/h5-15,24-25H,1-4H3. The fourth-order valence-electron chi connectivity index (χ4n) is 3.73. The maximum Gasteiger partial charge on any atom is 0.375 e. The monoisotopic (exact) mass is 653 g/mol. The largest absolute Gasteiger partial charge is 0.440 e. The Labute approximate surface area is 249 Å². The zero-order valence-electron chi connectivity index (χ0n) is 23.5. The van der Waals surface area contributed by atoms with E-state index in [1.165, 1.54) is 30.3 Å². The Bertz CT molecular complexity index is 1530. The zero-order valence-corrected chi connectivity index (χ0v) is 25.2. The number of ether oxygens (including phenoxy) is 2. The van der Waals surface area contributed by atoms with Gasteiger partial charge in [-0.05, 0) is 12.1 Å². The van der Waals surface area contributed by atoms with Crippen LogP contribution in [0.5, 0.6) is 0 Å². The number of non-ortho nitro benzene ring substituents is 2. The highest BCUT2D eigenvalue weighted by molar-refractivity contribution is 7.54. The highest BCUT2D eigenvalue weighted by Gasteiger charge is 2.42. The van der Waals surface area contributed by atoms with Crippen LogP contribution in [0.4, 0.5) is 11.4 Å². The van der Waals surface area contributed by atoms with Crippen LogP contribution in [-0.4, -0.2) is 55.2 Å². The van der Waals surface area contributed by atoms with Crippen molar-refractivity contribution in [2.45, 2.75) is 11.7 Å². The van der Waals surface area contributed by atoms with Gasteiger partial charge in [0.05, 0.1) is 9.85 Å². The molecule has 0 aliphatic rings. The number of hydrogen-bond acceptors (Lipinski definition) is 15. The fraction of sp³-hybridized carbons (Fsp3) is 0.240. The van der Waals surface area contributed by atoms with Crippen molar-refractivity contribution in [2.75, 3.05) is 28.4 Å². The number of aromatic nitrogens is 1. The van der Waals surface area contributed by atoms with E-state index in [4.69, 9.17) is 27.6 Å². The van der Waals surface area contributed by atoms with Gasteiger partial charge in [-0.1, -0.05) is 30.3 Å². The highest BCUT2D eigenvalue weighted by Crippen LogP contribution is 2.61. The molecule has 1 heterocycles. The molecular formula is C25H25N3O14P2. The van der Waals surface area contributed by atoms with Gasteiger partial charge >= 0.3 is 27.1 Å². The molecule has 19 heteroatoms. The molecule has 0 radical (unpaired) electrons. The summed E-state index contributed by atoms with van der Waals surface area (Å²) in [7, 11) is -4.41. The lowest BCUT2D eigenvalue weighted by Crippen LogP contribution is -2.18. The van der Waals surface area contributed by atoms with Crippen LogP contribution < -0.4 is 0 Å². The number of nitro groups is 2. The number of rotatable bonds is 14. The number of nitro benzene ring substituents is 2. The molecular weight excluding hydrogens is 628 g/mol. The van der Waals surface area contributed by atoms with Crippen LogP contribution in [0.25, 0.3) is 0 Å². The van der Waals surface area contributed by atoms with Crippen LogP contribution in [0, 0.1) is 20.2 Å². The van der Waals surface area contributed by atoms with Crippen LogP contribution in [0.3, 0.4) is 0 Å². The minimum atomic E-state index is -4.25. The van der Waals surface area contributed by atoms with Gasteiger partial charge in [-0.2, -0.15) is 0 Å². The molecule has 234 valence electrons. The molecule has 0 fully saturated rings. The van der Waals surface area contributed by atoms with E-state index in [0.717, 1.165) is 64.8 Å². The molecule has 44 heavy (non-hydrogen) atoms. The van der Waals surface area contributed by atoms with Crippen molar-refractivity contribution in [2.24, 2.45) is 0 Å². The van der Waals surface area contributed by atoms with E-state index in [1.54, 1.807) is 0 Å². The molecule has 17 nitrogen and oxygen atoms in total. The maximum absolute atomic E-state index is 13.3. The van der Waals surface area contributed by atoms with Crippen LogP contribution >= 0.6 is 15.2 Å². The van der Waals surface area contributed by atoms with Crippen molar-refractivity contribution in [1.29, 1.82) is 0 Å². The van der Waals surface area contributed by atoms with Crippen molar-refractivity contribution in [3.63, 3.8) is 0 Å². The molecule has 2 unspecified atom stereocenters. The molecule has 0 saturated heterocycles. The van der Waals surface area contributed by atoms with Crippen LogP contribution in [0.1, 0.15) is 43.8 Å².